The summed E-state index contributed by atoms with van der Waals surface area (Å²) in [6.07, 6.45) is 0. The highest BCUT2D eigenvalue weighted by Gasteiger charge is 2.14. The highest BCUT2D eigenvalue weighted by atomic mass is 35.5. The van der Waals surface area contributed by atoms with Gasteiger partial charge in [0.05, 0.1) is 5.02 Å². The topological polar surface area (TPSA) is 70.7 Å². The summed E-state index contributed by atoms with van der Waals surface area (Å²) in [6, 6.07) is 4.96. The number of hydrogen-bond acceptors (Lipinski definition) is 4. The average Bonchev–Trinajstić information content (AvgIpc) is 2.55. The molecule has 1 unspecified atom stereocenters. The van der Waals surface area contributed by atoms with Crippen molar-refractivity contribution in [3.05, 3.63) is 23.2 Å². The molecule has 7 heteroatoms. The van der Waals surface area contributed by atoms with Crippen LogP contribution in [-0.2, 0) is 9.59 Å². The number of likely N-dealkylation sites (N-methyl/N-ethyl adjacent to an activating group) is 1. The summed E-state index contributed by atoms with van der Waals surface area (Å²) in [6.45, 7) is 7.48. The van der Waals surface area contributed by atoms with E-state index in [1.807, 2.05) is 20.8 Å². The van der Waals surface area contributed by atoms with Gasteiger partial charge in [0, 0.05) is 31.2 Å². The third-order valence-corrected chi connectivity index (χ3v) is 3.92. The summed E-state index contributed by atoms with van der Waals surface area (Å²) in [5, 5.41) is 6.11. The molecule has 0 saturated heterocycles. The quantitative estimate of drug-likeness (QED) is 0.713. The van der Waals surface area contributed by atoms with Gasteiger partial charge >= 0.3 is 0 Å². The van der Waals surface area contributed by atoms with E-state index in [4.69, 9.17) is 16.3 Å². The number of anilines is 1. The normalized spacial score (nSPS) is 11.7. The van der Waals surface area contributed by atoms with Gasteiger partial charge in [0.25, 0.3) is 5.91 Å². The Morgan fingerprint density at radius 1 is 1.29 bits per heavy atom. The van der Waals surface area contributed by atoms with Crippen LogP contribution in [0.5, 0.6) is 5.75 Å². The van der Waals surface area contributed by atoms with Crippen LogP contribution in [0.3, 0.4) is 0 Å². The second-order valence-electron chi connectivity index (χ2n) is 5.45. The molecular formula is C17H26ClN3O3. The van der Waals surface area contributed by atoms with Crippen molar-refractivity contribution < 1.29 is 14.3 Å². The molecule has 0 heterocycles. The first kappa shape index (κ1) is 20.3. The maximum atomic E-state index is 12.0. The van der Waals surface area contributed by atoms with Crippen LogP contribution in [0, 0.1) is 5.92 Å². The molecule has 0 aliphatic heterocycles. The number of hydrogen-bond donors (Lipinski definition) is 2. The summed E-state index contributed by atoms with van der Waals surface area (Å²) in [5.41, 5.74) is 0.593. The summed E-state index contributed by atoms with van der Waals surface area (Å²) in [4.78, 5) is 25.6. The number of halogens is 1. The molecule has 0 radical (unpaired) electrons. The van der Waals surface area contributed by atoms with Crippen molar-refractivity contribution >= 4 is 29.1 Å². The van der Waals surface area contributed by atoms with E-state index in [9.17, 15) is 9.59 Å². The second kappa shape index (κ2) is 10.2. The lowest BCUT2D eigenvalue weighted by molar-refractivity contribution is -0.133. The number of amides is 2. The molecule has 0 saturated carbocycles. The fourth-order valence-corrected chi connectivity index (χ4v) is 2.40. The minimum absolute atomic E-state index is 0.0632. The average molecular weight is 356 g/mol. The fourth-order valence-electron chi connectivity index (χ4n) is 2.17. The van der Waals surface area contributed by atoms with Gasteiger partial charge in [0.1, 0.15) is 5.75 Å². The van der Waals surface area contributed by atoms with Crippen LogP contribution in [0.2, 0.25) is 5.02 Å². The number of nitrogens with one attached hydrogen (secondary N) is 2. The Morgan fingerprint density at radius 3 is 2.50 bits per heavy atom. The summed E-state index contributed by atoms with van der Waals surface area (Å²) in [5.74, 6) is 0.0787. The van der Waals surface area contributed by atoms with E-state index in [0.717, 1.165) is 0 Å². The number of carbonyl (C=O) groups excluding carboxylic acids is 2. The molecule has 0 aromatic heterocycles. The monoisotopic (exact) mass is 355 g/mol. The van der Waals surface area contributed by atoms with Gasteiger partial charge in [-0.2, -0.15) is 0 Å². The van der Waals surface area contributed by atoms with Crippen molar-refractivity contribution in [3.63, 3.8) is 0 Å². The van der Waals surface area contributed by atoms with Crippen LogP contribution in [0.15, 0.2) is 18.2 Å². The van der Waals surface area contributed by atoms with Crippen LogP contribution in [0.1, 0.15) is 20.8 Å². The first-order valence-electron chi connectivity index (χ1n) is 8.08. The van der Waals surface area contributed by atoms with E-state index in [0.29, 0.717) is 36.1 Å². The molecule has 0 fully saturated rings. The summed E-state index contributed by atoms with van der Waals surface area (Å²) >= 11 is 6.17. The Bertz CT molecular complexity index is 562. The predicted molar refractivity (Wildman–Crippen MR) is 96.6 cm³/mol. The number of rotatable bonds is 9. The number of ether oxygens (including phenoxy) is 1. The van der Waals surface area contributed by atoms with Crippen molar-refractivity contribution in [3.8, 4) is 5.75 Å². The maximum Gasteiger partial charge on any atom is 0.260 e. The molecule has 1 atom stereocenters. The third kappa shape index (κ3) is 6.02. The minimum Gasteiger partial charge on any atom is -0.482 e. The van der Waals surface area contributed by atoms with Gasteiger partial charge in [-0.1, -0.05) is 18.5 Å². The molecule has 24 heavy (non-hydrogen) atoms. The largest absolute Gasteiger partial charge is 0.482 e. The van der Waals surface area contributed by atoms with Crippen LogP contribution < -0.4 is 15.4 Å². The molecule has 134 valence electrons. The van der Waals surface area contributed by atoms with Crippen molar-refractivity contribution in [1.82, 2.24) is 10.2 Å². The van der Waals surface area contributed by atoms with Gasteiger partial charge in [0.15, 0.2) is 6.61 Å². The fraction of sp³-hybridized carbons (Fsp3) is 0.529. The van der Waals surface area contributed by atoms with Crippen LogP contribution in [-0.4, -0.2) is 50.0 Å². The molecule has 0 bridgehead atoms. The summed E-state index contributed by atoms with van der Waals surface area (Å²) in [7, 11) is 1.80. The SMILES string of the molecule is CCN(CC)C(=O)COc1ccc(NC(=O)C(C)CNC)cc1Cl. The van der Waals surface area contributed by atoms with Crippen LogP contribution in [0.4, 0.5) is 5.69 Å². The van der Waals surface area contributed by atoms with Crippen molar-refractivity contribution in [1.29, 1.82) is 0 Å². The first-order valence-corrected chi connectivity index (χ1v) is 8.46. The summed E-state index contributed by atoms with van der Waals surface area (Å²) < 4.78 is 5.48. The molecule has 2 N–H and O–H groups in total. The van der Waals surface area contributed by atoms with E-state index in [1.54, 1.807) is 30.1 Å². The van der Waals surface area contributed by atoms with Crippen molar-refractivity contribution in [2.24, 2.45) is 5.92 Å². The lowest BCUT2D eigenvalue weighted by atomic mass is 10.1. The predicted octanol–water partition coefficient (Wildman–Crippen LogP) is 2.38. The highest BCUT2D eigenvalue weighted by Crippen LogP contribution is 2.28. The first-order chi connectivity index (χ1) is 11.4. The molecule has 0 spiro atoms. The van der Waals surface area contributed by atoms with Crippen molar-refractivity contribution in [2.75, 3.05) is 38.6 Å². The van der Waals surface area contributed by atoms with E-state index in [1.165, 1.54) is 0 Å². The Morgan fingerprint density at radius 2 is 1.96 bits per heavy atom. The van der Waals surface area contributed by atoms with E-state index in [2.05, 4.69) is 10.6 Å². The number of benzene rings is 1. The van der Waals surface area contributed by atoms with Crippen LogP contribution >= 0.6 is 11.6 Å². The minimum atomic E-state index is -0.156. The number of carbonyl (C=O) groups is 2. The van der Waals surface area contributed by atoms with Gasteiger partial charge in [-0.25, -0.2) is 0 Å². The Kier molecular flexibility index (Phi) is 8.57. The molecule has 2 amide bonds. The van der Waals surface area contributed by atoms with Gasteiger partial charge in [-0.3, -0.25) is 9.59 Å². The Balaban J connectivity index is 2.64. The highest BCUT2D eigenvalue weighted by molar-refractivity contribution is 6.32. The Hall–Kier alpha value is -1.79. The van der Waals surface area contributed by atoms with Gasteiger partial charge in [0.2, 0.25) is 5.91 Å². The van der Waals surface area contributed by atoms with Gasteiger partial charge in [-0.15, -0.1) is 0 Å². The zero-order valence-electron chi connectivity index (χ0n) is 14.7. The van der Waals surface area contributed by atoms with Gasteiger partial charge in [-0.05, 0) is 39.1 Å². The van der Waals surface area contributed by atoms with Gasteiger partial charge < -0.3 is 20.3 Å². The molecule has 0 aliphatic carbocycles. The third-order valence-electron chi connectivity index (χ3n) is 3.62. The van der Waals surface area contributed by atoms with E-state index >= 15 is 0 Å². The molecular weight excluding hydrogens is 330 g/mol. The maximum absolute atomic E-state index is 12.0. The molecule has 1 rings (SSSR count). The second-order valence-corrected chi connectivity index (χ2v) is 5.86. The van der Waals surface area contributed by atoms with E-state index in [-0.39, 0.29) is 24.3 Å². The number of nitrogens with zero attached hydrogens (tertiary/aromatic N) is 1. The van der Waals surface area contributed by atoms with E-state index < -0.39 is 0 Å². The lowest BCUT2D eigenvalue weighted by Crippen LogP contribution is -2.34. The lowest BCUT2D eigenvalue weighted by Gasteiger charge is -2.19. The smallest absolute Gasteiger partial charge is 0.260 e. The van der Waals surface area contributed by atoms with Crippen molar-refractivity contribution in [2.45, 2.75) is 20.8 Å². The molecule has 0 aliphatic rings. The molecule has 6 nitrogen and oxygen atoms in total. The standard InChI is InChI=1S/C17H26ClN3O3/c1-5-21(6-2)16(22)11-24-15-8-7-13(9-14(15)18)20-17(23)12(3)10-19-4/h7-9,12,19H,5-6,10-11H2,1-4H3,(H,20,23). The molecule has 1 aromatic carbocycles. The molecule has 1 aromatic rings. The Labute approximate surface area is 148 Å². The zero-order chi connectivity index (χ0) is 18.1. The zero-order valence-corrected chi connectivity index (χ0v) is 15.4. The van der Waals surface area contributed by atoms with Crippen LogP contribution in [0.25, 0.3) is 0 Å².